The molecule has 0 bridgehead atoms. The van der Waals surface area contributed by atoms with Crippen LogP contribution in [0.1, 0.15) is 37.7 Å². The Morgan fingerprint density at radius 3 is 2.55 bits per heavy atom. The molecule has 5 heteroatoms. The molecule has 0 saturated carbocycles. The van der Waals surface area contributed by atoms with Crippen LogP contribution in [0.25, 0.3) is 10.9 Å². The number of carboxylic acids is 1. The van der Waals surface area contributed by atoms with Crippen molar-refractivity contribution in [3.8, 4) is 0 Å². The molecule has 1 heterocycles. The molecule has 2 rings (SSSR count). The molecule has 1 N–H and O–H groups in total. The third kappa shape index (κ3) is 2.31. The first-order valence-electron chi connectivity index (χ1n) is 6.61. The first-order chi connectivity index (χ1) is 9.38. The zero-order valence-corrected chi connectivity index (χ0v) is 12.2. The second kappa shape index (κ2) is 5.07. The van der Waals surface area contributed by atoms with Crippen molar-refractivity contribution in [2.24, 2.45) is 0 Å². The van der Waals surface area contributed by atoms with Crippen LogP contribution in [-0.4, -0.2) is 33.9 Å². The van der Waals surface area contributed by atoms with Gasteiger partial charge in [-0.15, -0.1) is 10.2 Å². The third-order valence-corrected chi connectivity index (χ3v) is 3.95. The standard InChI is InChI=1S/C15H19N3O2/c1-5-15(2,3)18(4)13-10-8-6-7-9-11(10)16-17-12(13)14(19)20/h6-9H,5H2,1-4H3,(H,19,20). The van der Waals surface area contributed by atoms with Crippen molar-refractivity contribution in [2.45, 2.75) is 32.7 Å². The molecule has 1 aromatic carbocycles. The van der Waals surface area contributed by atoms with Gasteiger partial charge in [0.15, 0.2) is 5.69 Å². The zero-order valence-electron chi connectivity index (χ0n) is 12.2. The average Bonchev–Trinajstić information content (AvgIpc) is 2.45. The third-order valence-electron chi connectivity index (χ3n) is 3.95. The summed E-state index contributed by atoms with van der Waals surface area (Å²) in [6.45, 7) is 6.23. The molecule has 0 spiro atoms. The van der Waals surface area contributed by atoms with E-state index in [1.54, 1.807) is 0 Å². The zero-order chi connectivity index (χ0) is 14.9. The summed E-state index contributed by atoms with van der Waals surface area (Å²) in [6.07, 6.45) is 0.888. The van der Waals surface area contributed by atoms with Gasteiger partial charge in [-0.25, -0.2) is 4.79 Å². The van der Waals surface area contributed by atoms with Gasteiger partial charge in [0.2, 0.25) is 0 Å². The number of carboxylic acid groups (broad SMARTS) is 1. The number of benzene rings is 1. The number of fused-ring (bicyclic) bond motifs is 1. The van der Waals surface area contributed by atoms with Crippen molar-refractivity contribution in [2.75, 3.05) is 11.9 Å². The summed E-state index contributed by atoms with van der Waals surface area (Å²) in [5.41, 5.74) is 1.14. The lowest BCUT2D eigenvalue weighted by molar-refractivity contribution is 0.0690. The SMILES string of the molecule is CCC(C)(C)N(C)c1c(C(=O)O)nnc2ccccc12. The predicted molar refractivity (Wildman–Crippen MR) is 79.3 cm³/mol. The highest BCUT2D eigenvalue weighted by Crippen LogP contribution is 2.32. The van der Waals surface area contributed by atoms with E-state index in [1.807, 2.05) is 36.2 Å². The summed E-state index contributed by atoms with van der Waals surface area (Å²) in [5.74, 6) is -1.06. The van der Waals surface area contributed by atoms with Crippen LogP contribution in [0.2, 0.25) is 0 Å². The summed E-state index contributed by atoms with van der Waals surface area (Å²) < 4.78 is 0. The van der Waals surface area contributed by atoms with Crippen LogP contribution in [0.5, 0.6) is 0 Å². The molecule has 0 aliphatic rings. The number of carbonyl (C=O) groups is 1. The summed E-state index contributed by atoms with van der Waals surface area (Å²) in [7, 11) is 1.90. The maximum Gasteiger partial charge on any atom is 0.358 e. The molecule has 0 saturated heterocycles. The Kier molecular flexibility index (Phi) is 3.61. The molecule has 5 nitrogen and oxygen atoms in total. The molecule has 0 radical (unpaired) electrons. The monoisotopic (exact) mass is 273 g/mol. The topological polar surface area (TPSA) is 66.3 Å². The van der Waals surface area contributed by atoms with E-state index in [1.165, 1.54) is 0 Å². The van der Waals surface area contributed by atoms with E-state index in [0.717, 1.165) is 11.8 Å². The fraction of sp³-hybridized carbons (Fsp3) is 0.400. The molecule has 20 heavy (non-hydrogen) atoms. The molecule has 0 atom stereocenters. The van der Waals surface area contributed by atoms with E-state index in [9.17, 15) is 9.90 Å². The van der Waals surface area contributed by atoms with Crippen LogP contribution in [0.3, 0.4) is 0 Å². The van der Waals surface area contributed by atoms with Crippen LogP contribution in [0.15, 0.2) is 24.3 Å². The molecule has 0 amide bonds. The Bertz CT molecular complexity index is 653. The summed E-state index contributed by atoms with van der Waals surface area (Å²) in [4.78, 5) is 13.4. The lowest BCUT2D eigenvalue weighted by Gasteiger charge is -2.37. The minimum Gasteiger partial charge on any atom is -0.476 e. The fourth-order valence-electron chi connectivity index (χ4n) is 2.06. The number of aromatic carboxylic acids is 1. The minimum atomic E-state index is -1.06. The Morgan fingerprint density at radius 1 is 1.30 bits per heavy atom. The lowest BCUT2D eigenvalue weighted by Crippen LogP contribution is -2.41. The molecular formula is C15H19N3O2. The highest BCUT2D eigenvalue weighted by Gasteiger charge is 2.28. The number of hydrogen-bond acceptors (Lipinski definition) is 4. The van der Waals surface area contributed by atoms with Gasteiger partial charge in [0.25, 0.3) is 0 Å². The van der Waals surface area contributed by atoms with E-state index in [2.05, 4.69) is 31.0 Å². The summed E-state index contributed by atoms with van der Waals surface area (Å²) in [5, 5.41) is 18.1. The normalized spacial score (nSPS) is 11.6. The van der Waals surface area contributed by atoms with Crippen molar-refractivity contribution < 1.29 is 9.90 Å². The van der Waals surface area contributed by atoms with Crippen molar-refractivity contribution in [1.29, 1.82) is 0 Å². The van der Waals surface area contributed by atoms with Gasteiger partial charge in [-0.3, -0.25) is 0 Å². The number of rotatable bonds is 4. The minimum absolute atomic E-state index is 0.00674. The largest absolute Gasteiger partial charge is 0.476 e. The smallest absolute Gasteiger partial charge is 0.358 e. The number of aromatic nitrogens is 2. The van der Waals surface area contributed by atoms with Gasteiger partial charge < -0.3 is 10.0 Å². The maximum absolute atomic E-state index is 11.5. The van der Waals surface area contributed by atoms with Crippen molar-refractivity contribution >= 4 is 22.6 Å². The first-order valence-corrected chi connectivity index (χ1v) is 6.61. The van der Waals surface area contributed by atoms with E-state index in [0.29, 0.717) is 11.2 Å². The van der Waals surface area contributed by atoms with Gasteiger partial charge in [0.1, 0.15) is 0 Å². The van der Waals surface area contributed by atoms with Crippen LogP contribution in [-0.2, 0) is 0 Å². The molecule has 2 aromatic rings. The molecule has 0 aliphatic heterocycles. The average molecular weight is 273 g/mol. The second-order valence-electron chi connectivity index (χ2n) is 5.44. The number of nitrogens with zero attached hydrogens (tertiary/aromatic N) is 3. The van der Waals surface area contributed by atoms with Crippen molar-refractivity contribution in [3.63, 3.8) is 0 Å². The Morgan fingerprint density at radius 2 is 1.95 bits per heavy atom. The van der Waals surface area contributed by atoms with E-state index >= 15 is 0 Å². The molecule has 0 unspecified atom stereocenters. The second-order valence-corrected chi connectivity index (χ2v) is 5.44. The van der Waals surface area contributed by atoms with Crippen LogP contribution in [0, 0.1) is 0 Å². The Hall–Kier alpha value is -2.17. The molecule has 0 fully saturated rings. The fourth-order valence-corrected chi connectivity index (χ4v) is 2.06. The van der Waals surface area contributed by atoms with Gasteiger partial charge in [0.05, 0.1) is 11.2 Å². The highest BCUT2D eigenvalue weighted by atomic mass is 16.4. The summed E-state index contributed by atoms with van der Waals surface area (Å²) in [6, 6.07) is 7.47. The number of anilines is 1. The molecule has 0 aliphatic carbocycles. The summed E-state index contributed by atoms with van der Waals surface area (Å²) >= 11 is 0. The lowest BCUT2D eigenvalue weighted by atomic mass is 9.98. The van der Waals surface area contributed by atoms with Gasteiger partial charge in [-0.2, -0.15) is 0 Å². The number of hydrogen-bond donors (Lipinski definition) is 1. The van der Waals surface area contributed by atoms with E-state index in [4.69, 9.17) is 0 Å². The van der Waals surface area contributed by atoms with E-state index < -0.39 is 5.97 Å². The quantitative estimate of drug-likeness (QED) is 0.927. The van der Waals surface area contributed by atoms with Crippen molar-refractivity contribution in [1.82, 2.24) is 10.2 Å². The van der Waals surface area contributed by atoms with Crippen molar-refractivity contribution in [3.05, 3.63) is 30.0 Å². The maximum atomic E-state index is 11.5. The highest BCUT2D eigenvalue weighted by molar-refractivity contribution is 6.02. The van der Waals surface area contributed by atoms with Gasteiger partial charge in [-0.1, -0.05) is 25.1 Å². The van der Waals surface area contributed by atoms with E-state index in [-0.39, 0.29) is 11.2 Å². The van der Waals surface area contributed by atoms with Gasteiger partial charge in [-0.05, 0) is 26.3 Å². The van der Waals surface area contributed by atoms with Crippen LogP contribution >= 0.6 is 0 Å². The Labute approximate surface area is 118 Å². The van der Waals surface area contributed by atoms with Gasteiger partial charge in [0, 0.05) is 18.0 Å². The first kappa shape index (κ1) is 14.2. The molecule has 106 valence electrons. The van der Waals surface area contributed by atoms with Crippen LogP contribution < -0.4 is 4.90 Å². The Balaban J connectivity index is 2.76. The molecular weight excluding hydrogens is 254 g/mol. The van der Waals surface area contributed by atoms with Crippen LogP contribution in [0.4, 0.5) is 5.69 Å². The molecule has 1 aromatic heterocycles. The predicted octanol–water partition coefficient (Wildman–Crippen LogP) is 2.95. The van der Waals surface area contributed by atoms with Gasteiger partial charge >= 0.3 is 5.97 Å².